The third kappa shape index (κ3) is 5.29. The standard InChI is InChI=1S/C14H22FNO/c1-4-14(3,17)10-16-11(2)9-12-5-7-13(15)8-6-12/h5-8,11,16-17H,4,9-10H2,1-3H3. The van der Waals surface area contributed by atoms with Crippen molar-refractivity contribution < 1.29 is 9.50 Å². The molecule has 0 fully saturated rings. The zero-order valence-electron chi connectivity index (χ0n) is 10.8. The van der Waals surface area contributed by atoms with E-state index in [9.17, 15) is 9.50 Å². The summed E-state index contributed by atoms with van der Waals surface area (Å²) in [7, 11) is 0. The molecule has 0 aromatic heterocycles. The Balaban J connectivity index is 2.39. The third-order valence-electron chi connectivity index (χ3n) is 3.05. The SMILES string of the molecule is CCC(C)(O)CNC(C)Cc1ccc(F)cc1. The lowest BCUT2D eigenvalue weighted by Gasteiger charge is -2.24. The van der Waals surface area contributed by atoms with Gasteiger partial charge in [0, 0.05) is 12.6 Å². The lowest BCUT2D eigenvalue weighted by Crippen LogP contribution is -2.41. The molecule has 17 heavy (non-hydrogen) atoms. The van der Waals surface area contributed by atoms with Crippen molar-refractivity contribution >= 4 is 0 Å². The summed E-state index contributed by atoms with van der Waals surface area (Å²) < 4.78 is 12.7. The van der Waals surface area contributed by atoms with Gasteiger partial charge in [-0.05, 0) is 44.4 Å². The number of rotatable bonds is 6. The number of benzene rings is 1. The fourth-order valence-corrected chi connectivity index (χ4v) is 1.57. The quantitative estimate of drug-likeness (QED) is 0.799. The van der Waals surface area contributed by atoms with E-state index in [0.717, 1.165) is 18.4 Å². The lowest BCUT2D eigenvalue weighted by atomic mass is 10.0. The second-order valence-electron chi connectivity index (χ2n) is 4.96. The summed E-state index contributed by atoms with van der Waals surface area (Å²) >= 11 is 0. The summed E-state index contributed by atoms with van der Waals surface area (Å²) in [6.07, 6.45) is 1.56. The lowest BCUT2D eigenvalue weighted by molar-refractivity contribution is 0.0534. The molecule has 96 valence electrons. The Labute approximate surface area is 103 Å². The molecule has 2 atom stereocenters. The molecule has 0 radical (unpaired) electrons. The second kappa shape index (κ2) is 6.12. The number of nitrogens with one attached hydrogen (secondary N) is 1. The van der Waals surface area contributed by atoms with E-state index in [2.05, 4.69) is 12.2 Å². The van der Waals surface area contributed by atoms with Gasteiger partial charge in [0.15, 0.2) is 0 Å². The average molecular weight is 239 g/mol. The van der Waals surface area contributed by atoms with Crippen molar-refractivity contribution in [3.63, 3.8) is 0 Å². The highest BCUT2D eigenvalue weighted by molar-refractivity contribution is 5.17. The highest BCUT2D eigenvalue weighted by Crippen LogP contribution is 2.09. The molecule has 1 rings (SSSR count). The van der Waals surface area contributed by atoms with E-state index in [-0.39, 0.29) is 11.9 Å². The Morgan fingerprint density at radius 2 is 1.94 bits per heavy atom. The molecule has 0 aliphatic rings. The van der Waals surface area contributed by atoms with Gasteiger partial charge in [-0.15, -0.1) is 0 Å². The summed E-state index contributed by atoms with van der Waals surface area (Å²) in [5, 5.41) is 13.2. The molecule has 0 saturated heterocycles. The van der Waals surface area contributed by atoms with E-state index in [1.807, 2.05) is 13.8 Å². The number of halogens is 1. The van der Waals surface area contributed by atoms with E-state index in [0.29, 0.717) is 6.54 Å². The van der Waals surface area contributed by atoms with Crippen molar-refractivity contribution in [1.82, 2.24) is 5.32 Å². The Bertz CT molecular complexity index is 335. The molecule has 0 spiro atoms. The molecule has 0 heterocycles. The maximum Gasteiger partial charge on any atom is 0.123 e. The van der Waals surface area contributed by atoms with Crippen LogP contribution >= 0.6 is 0 Å². The van der Waals surface area contributed by atoms with Gasteiger partial charge < -0.3 is 10.4 Å². The Hall–Kier alpha value is -0.930. The van der Waals surface area contributed by atoms with Crippen molar-refractivity contribution in [2.75, 3.05) is 6.54 Å². The van der Waals surface area contributed by atoms with Crippen LogP contribution in [0.5, 0.6) is 0 Å². The second-order valence-corrected chi connectivity index (χ2v) is 4.96. The zero-order chi connectivity index (χ0) is 12.9. The molecule has 3 heteroatoms. The monoisotopic (exact) mass is 239 g/mol. The third-order valence-corrected chi connectivity index (χ3v) is 3.05. The van der Waals surface area contributed by atoms with Gasteiger partial charge in [-0.3, -0.25) is 0 Å². The van der Waals surface area contributed by atoms with Crippen LogP contribution in [0.15, 0.2) is 24.3 Å². The van der Waals surface area contributed by atoms with Crippen LogP contribution in [0.25, 0.3) is 0 Å². The van der Waals surface area contributed by atoms with Crippen molar-refractivity contribution in [1.29, 1.82) is 0 Å². The number of hydrogen-bond acceptors (Lipinski definition) is 2. The molecule has 0 amide bonds. The Morgan fingerprint density at radius 3 is 2.47 bits per heavy atom. The smallest absolute Gasteiger partial charge is 0.123 e. The van der Waals surface area contributed by atoms with Gasteiger partial charge in [-0.2, -0.15) is 0 Å². The van der Waals surface area contributed by atoms with Crippen molar-refractivity contribution in [3.8, 4) is 0 Å². The highest BCUT2D eigenvalue weighted by Gasteiger charge is 2.17. The van der Waals surface area contributed by atoms with Gasteiger partial charge in [0.05, 0.1) is 5.60 Å². The minimum Gasteiger partial charge on any atom is -0.389 e. The van der Waals surface area contributed by atoms with Crippen LogP contribution in [-0.2, 0) is 6.42 Å². The summed E-state index contributed by atoms with van der Waals surface area (Å²) in [5.74, 6) is -0.205. The summed E-state index contributed by atoms with van der Waals surface area (Å²) in [6, 6.07) is 6.81. The van der Waals surface area contributed by atoms with E-state index in [1.54, 1.807) is 12.1 Å². The molecule has 1 aromatic carbocycles. The van der Waals surface area contributed by atoms with Crippen LogP contribution in [0.2, 0.25) is 0 Å². The predicted octanol–water partition coefficient (Wildman–Crippen LogP) is 2.51. The van der Waals surface area contributed by atoms with E-state index >= 15 is 0 Å². The fourth-order valence-electron chi connectivity index (χ4n) is 1.57. The van der Waals surface area contributed by atoms with Gasteiger partial charge in [0.1, 0.15) is 5.82 Å². The largest absolute Gasteiger partial charge is 0.389 e. The summed E-state index contributed by atoms with van der Waals surface area (Å²) in [5.41, 5.74) is 0.444. The van der Waals surface area contributed by atoms with Gasteiger partial charge in [0.25, 0.3) is 0 Å². The Morgan fingerprint density at radius 1 is 1.35 bits per heavy atom. The van der Waals surface area contributed by atoms with Crippen LogP contribution in [0.4, 0.5) is 4.39 Å². The van der Waals surface area contributed by atoms with Gasteiger partial charge in [-0.1, -0.05) is 19.1 Å². The summed E-state index contributed by atoms with van der Waals surface area (Å²) in [6.45, 7) is 6.43. The molecular weight excluding hydrogens is 217 g/mol. The molecule has 1 aromatic rings. The average Bonchev–Trinajstić information content (AvgIpc) is 2.30. The first kappa shape index (κ1) is 14.1. The maximum atomic E-state index is 12.7. The number of hydrogen-bond donors (Lipinski definition) is 2. The van der Waals surface area contributed by atoms with Crippen LogP contribution in [0.1, 0.15) is 32.8 Å². The molecular formula is C14H22FNO. The first-order valence-corrected chi connectivity index (χ1v) is 6.13. The number of aliphatic hydroxyl groups is 1. The van der Waals surface area contributed by atoms with Gasteiger partial charge >= 0.3 is 0 Å². The van der Waals surface area contributed by atoms with Crippen molar-refractivity contribution in [2.45, 2.75) is 45.3 Å². The van der Waals surface area contributed by atoms with E-state index < -0.39 is 5.60 Å². The molecule has 2 unspecified atom stereocenters. The van der Waals surface area contributed by atoms with Crippen molar-refractivity contribution in [2.24, 2.45) is 0 Å². The maximum absolute atomic E-state index is 12.7. The van der Waals surface area contributed by atoms with Gasteiger partial charge in [0.2, 0.25) is 0 Å². The van der Waals surface area contributed by atoms with E-state index in [1.165, 1.54) is 12.1 Å². The minimum atomic E-state index is -0.656. The molecule has 0 aliphatic carbocycles. The molecule has 0 bridgehead atoms. The van der Waals surface area contributed by atoms with Crippen LogP contribution in [0.3, 0.4) is 0 Å². The van der Waals surface area contributed by atoms with Gasteiger partial charge in [-0.25, -0.2) is 4.39 Å². The molecule has 2 nitrogen and oxygen atoms in total. The Kier molecular flexibility index (Phi) is 5.09. The normalized spacial score (nSPS) is 16.5. The topological polar surface area (TPSA) is 32.3 Å². The van der Waals surface area contributed by atoms with Crippen LogP contribution in [0, 0.1) is 5.82 Å². The first-order chi connectivity index (χ1) is 7.93. The highest BCUT2D eigenvalue weighted by atomic mass is 19.1. The first-order valence-electron chi connectivity index (χ1n) is 6.13. The van der Waals surface area contributed by atoms with Crippen LogP contribution < -0.4 is 5.32 Å². The minimum absolute atomic E-state index is 0.205. The predicted molar refractivity (Wildman–Crippen MR) is 68.5 cm³/mol. The fraction of sp³-hybridized carbons (Fsp3) is 0.571. The van der Waals surface area contributed by atoms with Crippen LogP contribution in [-0.4, -0.2) is 23.3 Å². The molecule has 0 aliphatic heterocycles. The summed E-state index contributed by atoms with van der Waals surface area (Å²) in [4.78, 5) is 0. The van der Waals surface area contributed by atoms with Crippen molar-refractivity contribution in [3.05, 3.63) is 35.6 Å². The zero-order valence-corrected chi connectivity index (χ0v) is 10.8. The molecule has 2 N–H and O–H groups in total. The molecule has 0 saturated carbocycles. The van der Waals surface area contributed by atoms with E-state index in [4.69, 9.17) is 0 Å².